The number of hydrogen-bond acceptors (Lipinski definition) is 3. The fourth-order valence-corrected chi connectivity index (χ4v) is 1.28. The third-order valence-corrected chi connectivity index (χ3v) is 1.88. The molecule has 1 aromatic carbocycles. The summed E-state index contributed by atoms with van der Waals surface area (Å²) in [7, 11) is 0. The van der Waals surface area contributed by atoms with Gasteiger partial charge in [0.2, 0.25) is 0 Å². The number of para-hydroxylation sites is 1. The highest BCUT2D eigenvalue weighted by Gasteiger charge is 2.00. The summed E-state index contributed by atoms with van der Waals surface area (Å²) in [4.78, 5) is 0. The van der Waals surface area contributed by atoms with Gasteiger partial charge in [-0.3, -0.25) is 0 Å². The lowest BCUT2D eigenvalue weighted by Gasteiger charge is -2.03. The van der Waals surface area contributed by atoms with Crippen molar-refractivity contribution in [3.63, 3.8) is 0 Å². The van der Waals surface area contributed by atoms with Crippen molar-refractivity contribution in [2.24, 2.45) is 5.16 Å². The standard InChI is InChI=1S/C10H9N3O/c14-12-8-9-4-1-2-5-10(9)13-7-3-6-11-13/h1-8,14H. The number of aromatic nitrogens is 2. The van der Waals surface area contributed by atoms with Gasteiger partial charge in [0.05, 0.1) is 11.9 Å². The molecule has 1 aromatic heterocycles. The maximum Gasteiger partial charge on any atom is 0.0755 e. The Balaban J connectivity index is 2.52. The van der Waals surface area contributed by atoms with E-state index in [9.17, 15) is 0 Å². The topological polar surface area (TPSA) is 50.4 Å². The second-order valence-electron chi connectivity index (χ2n) is 2.75. The molecule has 1 N–H and O–H groups in total. The molecule has 14 heavy (non-hydrogen) atoms. The molecule has 0 saturated carbocycles. The summed E-state index contributed by atoms with van der Waals surface area (Å²) in [5.41, 5.74) is 1.70. The van der Waals surface area contributed by atoms with Gasteiger partial charge < -0.3 is 5.21 Å². The van der Waals surface area contributed by atoms with Crippen molar-refractivity contribution in [3.8, 4) is 5.69 Å². The lowest BCUT2D eigenvalue weighted by atomic mass is 10.2. The molecule has 0 aliphatic carbocycles. The Morgan fingerprint density at radius 1 is 1.29 bits per heavy atom. The van der Waals surface area contributed by atoms with E-state index in [1.165, 1.54) is 6.21 Å². The molecule has 70 valence electrons. The summed E-state index contributed by atoms with van der Waals surface area (Å²) in [6.45, 7) is 0. The van der Waals surface area contributed by atoms with E-state index in [0.717, 1.165) is 11.3 Å². The van der Waals surface area contributed by atoms with E-state index in [0.29, 0.717) is 0 Å². The highest BCUT2D eigenvalue weighted by Crippen LogP contribution is 2.10. The minimum Gasteiger partial charge on any atom is -0.411 e. The summed E-state index contributed by atoms with van der Waals surface area (Å²) < 4.78 is 1.72. The molecule has 2 aromatic rings. The van der Waals surface area contributed by atoms with E-state index in [4.69, 9.17) is 5.21 Å². The van der Waals surface area contributed by atoms with Gasteiger partial charge in [0, 0.05) is 18.0 Å². The van der Waals surface area contributed by atoms with Crippen molar-refractivity contribution in [1.82, 2.24) is 9.78 Å². The molecular formula is C10H9N3O. The predicted octanol–water partition coefficient (Wildman–Crippen LogP) is 1.68. The summed E-state index contributed by atoms with van der Waals surface area (Å²) >= 11 is 0. The van der Waals surface area contributed by atoms with Crippen LogP contribution in [0.5, 0.6) is 0 Å². The van der Waals surface area contributed by atoms with Gasteiger partial charge in [-0.25, -0.2) is 4.68 Å². The Hall–Kier alpha value is -2.10. The van der Waals surface area contributed by atoms with Crippen LogP contribution in [0.3, 0.4) is 0 Å². The van der Waals surface area contributed by atoms with Crippen molar-refractivity contribution < 1.29 is 5.21 Å². The first kappa shape index (κ1) is 8.50. The summed E-state index contributed by atoms with van der Waals surface area (Å²) in [6, 6.07) is 9.39. The Morgan fingerprint density at radius 2 is 2.14 bits per heavy atom. The van der Waals surface area contributed by atoms with Gasteiger partial charge in [-0.05, 0) is 12.1 Å². The van der Waals surface area contributed by atoms with E-state index in [2.05, 4.69) is 10.3 Å². The van der Waals surface area contributed by atoms with Crippen molar-refractivity contribution in [3.05, 3.63) is 48.3 Å². The van der Waals surface area contributed by atoms with Crippen LogP contribution in [0.25, 0.3) is 5.69 Å². The summed E-state index contributed by atoms with van der Waals surface area (Å²) in [5, 5.41) is 15.6. The molecule has 0 amide bonds. The first-order chi connectivity index (χ1) is 6.92. The zero-order valence-electron chi connectivity index (χ0n) is 7.41. The molecule has 0 radical (unpaired) electrons. The minimum absolute atomic E-state index is 0.818. The van der Waals surface area contributed by atoms with Gasteiger partial charge >= 0.3 is 0 Å². The highest BCUT2D eigenvalue weighted by atomic mass is 16.4. The van der Waals surface area contributed by atoms with Crippen LogP contribution < -0.4 is 0 Å². The molecule has 0 fully saturated rings. The third-order valence-electron chi connectivity index (χ3n) is 1.88. The normalized spacial score (nSPS) is 10.9. The van der Waals surface area contributed by atoms with Crippen molar-refractivity contribution in [2.75, 3.05) is 0 Å². The Kier molecular flexibility index (Phi) is 2.27. The van der Waals surface area contributed by atoms with Crippen LogP contribution in [0.2, 0.25) is 0 Å². The van der Waals surface area contributed by atoms with E-state index in [1.807, 2.05) is 36.5 Å². The largest absolute Gasteiger partial charge is 0.411 e. The number of oxime groups is 1. The molecule has 0 aliphatic heterocycles. The number of rotatable bonds is 2. The third kappa shape index (κ3) is 1.50. The second kappa shape index (κ2) is 3.74. The van der Waals surface area contributed by atoms with Crippen molar-refractivity contribution in [1.29, 1.82) is 0 Å². The minimum atomic E-state index is 0.818. The first-order valence-corrected chi connectivity index (χ1v) is 4.18. The predicted molar refractivity (Wildman–Crippen MR) is 52.9 cm³/mol. The van der Waals surface area contributed by atoms with Crippen LogP contribution in [0, 0.1) is 0 Å². The van der Waals surface area contributed by atoms with Crippen LogP contribution in [0.15, 0.2) is 47.9 Å². The molecule has 4 heteroatoms. The fourth-order valence-electron chi connectivity index (χ4n) is 1.28. The molecule has 0 aliphatic rings. The van der Waals surface area contributed by atoms with Gasteiger partial charge in [0.25, 0.3) is 0 Å². The number of hydrogen-bond donors (Lipinski definition) is 1. The molecule has 4 nitrogen and oxygen atoms in total. The number of benzene rings is 1. The molecule has 0 spiro atoms. The lowest BCUT2D eigenvalue weighted by molar-refractivity contribution is 0.322. The van der Waals surface area contributed by atoms with Crippen LogP contribution in [0.1, 0.15) is 5.56 Å². The molecule has 2 rings (SSSR count). The molecule has 0 atom stereocenters. The van der Waals surface area contributed by atoms with Crippen LogP contribution >= 0.6 is 0 Å². The highest BCUT2D eigenvalue weighted by molar-refractivity contribution is 5.84. The average molecular weight is 187 g/mol. The summed E-state index contributed by atoms with van der Waals surface area (Å²) in [5.74, 6) is 0. The first-order valence-electron chi connectivity index (χ1n) is 4.18. The SMILES string of the molecule is ON=Cc1ccccc1-n1cccn1. The van der Waals surface area contributed by atoms with Gasteiger partial charge in [-0.2, -0.15) is 5.10 Å². The van der Waals surface area contributed by atoms with E-state index in [1.54, 1.807) is 10.9 Å². The van der Waals surface area contributed by atoms with Crippen molar-refractivity contribution >= 4 is 6.21 Å². The van der Waals surface area contributed by atoms with Gasteiger partial charge in [-0.15, -0.1) is 0 Å². The molecule has 1 heterocycles. The van der Waals surface area contributed by atoms with Gasteiger partial charge in [0.15, 0.2) is 0 Å². The maximum atomic E-state index is 8.48. The van der Waals surface area contributed by atoms with E-state index >= 15 is 0 Å². The molecular weight excluding hydrogens is 178 g/mol. The number of nitrogens with zero attached hydrogens (tertiary/aromatic N) is 3. The monoisotopic (exact) mass is 187 g/mol. The van der Waals surface area contributed by atoms with Gasteiger partial charge in [-0.1, -0.05) is 23.4 Å². The molecule has 0 unspecified atom stereocenters. The summed E-state index contributed by atoms with van der Waals surface area (Å²) in [6.07, 6.45) is 4.92. The smallest absolute Gasteiger partial charge is 0.0755 e. The lowest BCUT2D eigenvalue weighted by Crippen LogP contribution is -1.98. The zero-order valence-corrected chi connectivity index (χ0v) is 7.41. The van der Waals surface area contributed by atoms with E-state index < -0.39 is 0 Å². The van der Waals surface area contributed by atoms with Crippen LogP contribution in [0.4, 0.5) is 0 Å². The maximum absolute atomic E-state index is 8.48. The quantitative estimate of drug-likeness (QED) is 0.441. The second-order valence-corrected chi connectivity index (χ2v) is 2.75. The molecule has 0 saturated heterocycles. The average Bonchev–Trinajstić information content (AvgIpc) is 2.72. The van der Waals surface area contributed by atoms with E-state index in [-0.39, 0.29) is 0 Å². The molecule has 0 bridgehead atoms. The fraction of sp³-hybridized carbons (Fsp3) is 0. The van der Waals surface area contributed by atoms with Crippen LogP contribution in [-0.2, 0) is 0 Å². The van der Waals surface area contributed by atoms with Crippen molar-refractivity contribution in [2.45, 2.75) is 0 Å². The zero-order chi connectivity index (χ0) is 9.80. The van der Waals surface area contributed by atoms with Crippen LogP contribution in [-0.4, -0.2) is 21.2 Å². The Morgan fingerprint density at radius 3 is 2.86 bits per heavy atom. The van der Waals surface area contributed by atoms with Gasteiger partial charge in [0.1, 0.15) is 0 Å². The Bertz CT molecular complexity index is 434. The Labute approximate surface area is 81.1 Å².